The molecule has 0 spiro atoms. The molecular weight excluding hydrogens is 182 g/mol. The summed E-state index contributed by atoms with van der Waals surface area (Å²) in [5.41, 5.74) is 0.155. The Morgan fingerprint density at radius 1 is 1.29 bits per heavy atom. The van der Waals surface area contributed by atoms with Gasteiger partial charge < -0.3 is 10.1 Å². The average Bonchev–Trinajstić information content (AvgIpc) is 2.02. The van der Waals surface area contributed by atoms with Gasteiger partial charge in [-0.2, -0.15) is 0 Å². The van der Waals surface area contributed by atoms with Crippen LogP contribution in [0.5, 0.6) is 0 Å². The van der Waals surface area contributed by atoms with Crippen molar-refractivity contribution >= 4 is 11.9 Å². The molecule has 0 saturated carbocycles. The van der Waals surface area contributed by atoms with Crippen LogP contribution in [0.4, 0.5) is 0 Å². The molecule has 0 aliphatic heterocycles. The Morgan fingerprint density at radius 2 is 1.86 bits per heavy atom. The lowest BCUT2D eigenvalue weighted by Crippen LogP contribution is -2.34. The summed E-state index contributed by atoms with van der Waals surface area (Å²) in [4.78, 5) is 21.9. The number of hydrogen-bond acceptors (Lipinski definition) is 3. The number of ether oxygens (including phenoxy) is 1. The summed E-state index contributed by atoms with van der Waals surface area (Å²) in [6.45, 7) is 8.61. The Balaban J connectivity index is 3.70. The fraction of sp³-hybridized carbons (Fsp3) is 0.800. The minimum absolute atomic E-state index is 0.155. The van der Waals surface area contributed by atoms with E-state index in [2.05, 4.69) is 30.8 Å². The van der Waals surface area contributed by atoms with E-state index in [1.807, 2.05) is 0 Å². The van der Waals surface area contributed by atoms with E-state index in [4.69, 9.17) is 0 Å². The van der Waals surface area contributed by atoms with Gasteiger partial charge >= 0.3 is 11.9 Å². The van der Waals surface area contributed by atoms with Crippen molar-refractivity contribution in [2.75, 3.05) is 13.2 Å². The van der Waals surface area contributed by atoms with Crippen LogP contribution in [0, 0.1) is 5.41 Å². The van der Waals surface area contributed by atoms with Crippen LogP contribution in [0.3, 0.4) is 0 Å². The van der Waals surface area contributed by atoms with Gasteiger partial charge in [0.15, 0.2) is 0 Å². The van der Waals surface area contributed by atoms with Crippen molar-refractivity contribution in [1.29, 1.82) is 0 Å². The third-order valence-electron chi connectivity index (χ3n) is 1.62. The van der Waals surface area contributed by atoms with E-state index in [1.54, 1.807) is 6.92 Å². The standard InChI is InChI=1S/C10H19NO3/c1-5-14-9(13)8(12)11-7-6-10(2,3)4/h5-7H2,1-4H3,(H,11,12). The minimum Gasteiger partial charge on any atom is -0.459 e. The van der Waals surface area contributed by atoms with Crippen LogP contribution in [0.2, 0.25) is 0 Å². The summed E-state index contributed by atoms with van der Waals surface area (Å²) in [6, 6.07) is 0. The van der Waals surface area contributed by atoms with Crippen LogP contribution in [0.25, 0.3) is 0 Å². The van der Waals surface area contributed by atoms with Crippen molar-refractivity contribution in [3.63, 3.8) is 0 Å². The summed E-state index contributed by atoms with van der Waals surface area (Å²) in [5, 5.41) is 2.51. The van der Waals surface area contributed by atoms with Crippen LogP contribution in [-0.2, 0) is 14.3 Å². The lowest BCUT2D eigenvalue weighted by atomic mass is 9.92. The van der Waals surface area contributed by atoms with Gasteiger partial charge in [-0.05, 0) is 18.8 Å². The van der Waals surface area contributed by atoms with Gasteiger partial charge in [-0.15, -0.1) is 0 Å². The molecule has 1 N–H and O–H groups in total. The topological polar surface area (TPSA) is 55.4 Å². The minimum atomic E-state index is -0.804. The van der Waals surface area contributed by atoms with Crippen molar-refractivity contribution in [2.24, 2.45) is 5.41 Å². The molecule has 4 nitrogen and oxygen atoms in total. The van der Waals surface area contributed by atoms with Gasteiger partial charge in [0.05, 0.1) is 6.61 Å². The maximum atomic E-state index is 11.0. The van der Waals surface area contributed by atoms with Crippen molar-refractivity contribution in [3.8, 4) is 0 Å². The number of amides is 1. The highest BCUT2D eigenvalue weighted by Gasteiger charge is 2.15. The highest BCUT2D eigenvalue weighted by Crippen LogP contribution is 2.16. The molecule has 14 heavy (non-hydrogen) atoms. The SMILES string of the molecule is CCOC(=O)C(=O)NCCC(C)(C)C. The molecule has 0 bridgehead atoms. The number of rotatable bonds is 3. The third kappa shape index (κ3) is 6.46. The fourth-order valence-electron chi connectivity index (χ4n) is 0.820. The van der Waals surface area contributed by atoms with E-state index in [0.717, 1.165) is 6.42 Å². The van der Waals surface area contributed by atoms with E-state index in [-0.39, 0.29) is 12.0 Å². The second-order valence-electron chi connectivity index (χ2n) is 4.29. The molecule has 0 radical (unpaired) electrons. The van der Waals surface area contributed by atoms with E-state index in [9.17, 15) is 9.59 Å². The fourth-order valence-corrected chi connectivity index (χ4v) is 0.820. The van der Waals surface area contributed by atoms with E-state index in [0.29, 0.717) is 6.54 Å². The highest BCUT2D eigenvalue weighted by atomic mass is 16.5. The quantitative estimate of drug-likeness (QED) is 0.549. The van der Waals surface area contributed by atoms with Crippen LogP contribution in [0.15, 0.2) is 0 Å². The Bertz CT molecular complexity index is 206. The Labute approximate surface area is 85.0 Å². The molecule has 0 saturated heterocycles. The second kappa shape index (κ2) is 5.62. The third-order valence-corrected chi connectivity index (χ3v) is 1.62. The van der Waals surface area contributed by atoms with Crippen molar-refractivity contribution in [2.45, 2.75) is 34.1 Å². The van der Waals surface area contributed by atoms with E-state index in [1.165, 1.54) is 0 Å². The normalized spacial score (nSPS) is 10.9. The smallest absolute Gasteiger partial charge is 0.396 e. The highest BCUT2D eigenvalue weighted by molar-refractivity contribution is 6.32. The van der Waals surface area contributed by atoms with Gasteiger partial charge in [-0.3, -0.25) is 4.79 Å². The summed E-state index contributed by atoms with van der Waals surface area (Å²) >= 11 is 0. The van der Waals surface area contributed by atoms with E-state index >= 15 is 0 Å². The van der Waals surface area contributed by atoms with Gasteiger partial charge in [0.1, 0.15) is 0 Å². The average molecular weight is 201 g/mol. The Kier molecular flexibility index (Phi) is 5.20. The molecule has 0 aromatic rings. The first kappa shape index (κ1) is 12.9. The summed E-state index contributed by atoms with van der Waals surface area (Å²) in [5.74, 6) is -1.46. The monoisotopic (exact) mass is 201 g/mol. The van der Waals surface area contributed by atoms with Crippen LogP contribution in [0.1, 0.15) is 34.1 Å². The molecule has 0 fully saturated rings. The predicted octanol–water partition coefficient (Wildman–Crippen LogP) is 1.10. The van der Waals surface area contributed by atoms with Gasteiger partial charge in [0.25, 0.3) is 0 Å². The second-order valence-corrected chi connectivity index (χ2v) is 4.29. The molecule has 0 unspecified atom stereocenters. The summed E-state index contributed by atoms with van der Waals surface area (Å²) in [7, 11) is 0. The lowest BCUT2D eigenvalue weighted by molar-refractivity contribution is -0.154. The number of nitrogens with one attached hydrogen (secondary N) is 1. The number of hydrogen-bond donors (Lipinski definition) is 1. The summed E-state index contributed by atoms with van der Waals surface area (Å²) in [6.07, 6.45) is 0.831. The molecule has 0 rings (SSSR count). The maximum Gasteiger partial charge on any atom is 0.396 e. The first-order valence-electron chi connectivity index (χ1n) is 4.82. The Hall–Kier alpha value is -1.06. The predicted molar refractivity (Wildman–Crippen MR) is 53.7 cm³/mol. The molecule has 0 aromatic carbocycles. The molecule has 0 aliphatic carbocycles. The molecule has 0 atom stereocenters. The van der Waals surface area contributed by atoms with Crippen LogP contribution >= 0.6 is 0 Å². The lowest BCUT2D eigenvalue weighted by Gasteiger charge is -2.17. The molecule has 82 valence electrons. The number of carbonyl (C=O) groups is 2. The molecule has 1 amide bonds. The molecule has 0 aliphatic rings. The number of carbonyl (C=O) groups excluding carboxylic acids is 2. The number of esters is 1. The largest absolute Gasteiger partial charge is 0.459 e. The maximum absolute atomic E-state index is 11.0. The molecule has 0 heterocycles. The summed E-state index contributed by atoms with van der Waals surface area (Å²) < 4.78 is 4.54. The van der Waals surface area contributed by atoms with Gasteiger partial charge in [-0.1, -0.05) is 20.8 Å². The van der Waals surface area contributed by atoms with Crippen molar-refractivity contribution < 1.29 is 14.3 Å². The van der Waals surface area contributed by atoms with Crippen LogP contribution in [-0.4, -0.2) is 25.0 Å². The van der Waals surface area contributed by atoms with Gasteiger partial charge in [-0.25, -0.2) is 4.79 Å². The Morgan fingerprint density at radius 3 is 2.29 bits per heavy atom. The van der Waals surface area contributed by atoms with Crippen molar-refractivity contribution in [3.05, 3.63) is 0 Å². The zero-order valence-electron chi connectivity index (χ0n) is 9.35. The van der Waals surface area contributed by atoms with Gasteiger partial charge in [0.2, 0.25) is 0 Å². The molecular formula is C10H19NO3. The molecule has 0 aromatic heterocycles. The first-order chi connectivity index (χ1) is 6.37. The van der Waals surface area contributed by atoms with Crippen molar-refractivity contribution in [1.82, 2.24) is 5.32 Å². The van der Waals surface area contributed by atoms with Gasteiger partial charge in [0, 0.05) is 6.54 Å². The zero-order valence-corrected chi connectivity index (χ0v) is 9.35. The molecule has 4 heteroatoms. The van der Waals surface area contributed by atoms with E-state index < -0.39 is 11.9 Å². The first-order valence-corrected chi connectivity index (χ1v) is 4.82. The zero-order chi connectivity index (χ0) is 11.2. The van der Waals surface area contributed by atoms with Crippen LogP contribution < -0.4 is 5.32 Å².